The van der Waals surface area contributed by atoms with Crippen LogP contribution < -0.4 is 15.6 Å². The molecule has 0 aliphatic rings. The normalized spacial score (nSPS) is 11.7. The van der Waals surface area contributed by atoms with Crippen molar-refractivity contribution >= 4 is 17.2 Å². The van der Waals surface area contributed by atoms with Crippen LogP contribution in [0.3, 0.4) is 0 Å². The summed E-state index contributed by atoms with van der Waals surface area (Å²) in [7, 11) is 1.35. The van der Waals surface area contributed by atoms with E-state index < -0.39 is 17.6 Å². The minimum Gasteiger partial charge on any atom is -0.493 e. The Labute approximate surface area is 249 Å². The third-order valence-electron chi connectivity index (χ3n) is 6.72. The van der Waals surface area contributed by atoms with Crippen molar-refractivity contribution in [2.45, 2.75) is 39.8 Å². The number of aromatic nitrogens is 6. The number of nitrogens with one attached hydrogen (secondary N) is 2. The molecule has 0 spiro atoms. The summed E-state index contributed by atoms with van der Waals surface area (Å²) in [6.07, 6.45) is -3.15. The molecule has 44 heavy (non-hydrogen) atoms. The lowest BCUT2D eigenvalue weighted by atomic mass is 10.1. The Morgan fingerprint density at radius 1 is 1.09 bits per heavy atom. The molecule has 3 aromatic heterocycles. The second-order valence-corrected chi connectivity index (χ2v) is 9.93. The van der Waals surface area contributed by atoms with Gasteiger partial charge in [0, 0.05) is 25.2 Å². The minimum absolute atomic E-state index is 0.0836. The molecule has 2 aromatic carbocycles. The average molecular weight is 610 g/mol. The Balaban J connectivity index is 1.66. The first-order valence-corrected chi connectivity index (χ1v) is 13.9. The lowest BCUT2D eigenvalue weighted by molar-refractivity contribution is -0.137. The zero-order valence-electron chi connectivity index (χ0n) is 24.5. The molecular formula is C30H30F3N7O4. The number of ether oxygens (including phenoxy) is 2. The van der Waals surface area contributed by atoms with Crippen LogP contribution in [0.25, 0.3) is 33.8 Å². The summed E-state index contributed by atoms with van der Waals surface area (Å²) in [6, 6.07) is 11.3. The zero-order valence-corrected chi connectivity index (χ0v) is 24.5. The predicted octanol–water partition coefficient (Wildman–Crippen LogP) is 5.20. The molecule has 0 aliphatic heterocycles. The predicted molar refractivity (Wildman–Crippen MR) is 157 cm³/mol. The molecule has 5 aromatic rings. The van der Waals surface area contributed by atoms with Crippen LogP contribution in [0.1, 0.15) is 37.4 Å². The number of methoxy groups -OCH3 is 1. The number of imidazole rings is 1. The molecule has 0 radical (unpaired) electrons. The monoisotopic (exact) mass is 609 g/mol. The van der Waals surface area contributed by atoms with Gasteiger partial charge in [-0.05, 0) is 56.7 Å². The van der Waals surface area contributed by atoms with Crippen molar-refractivity contribution in [3.63, 3.8) is 0 Å². The van der Waals surface area contributed by atoms with Gasteiger partial charge in [-0.3, -0.25) is 9.59 Å². The highest BCUT2D eigenvalue weighted by Gasteiger charge is 2.31. The SMILES string of the molecule is CCCc1nc(C)c2c(=O)[nH]c(-c3cc(-c4cc(NC(=O)COC)n(-c5cccc(C(F)(F)F)c5)n4)ccc3OCC)nn12. The van der Waals surface area contributed by atoms with Crippen molar-refractivity contribution in [3.05, 3.63) is 76.0 Å². The van der Waals surface area contributed by atoms with Gasteiger partial charge in [-0.2, -0.15) is 18.3 Å². The molecule has 3 heterocycles. The average Bonchev–Trinajstić information content (AvgIpc) is 3.54. The van der Waals surface area contributed by atoms with Crippen LogP contribution in [0.5, 0.6) is 5.75 Å². The number of benzene rings is 2. The molecule has 0 bridgehead atoms. The molecule has 0 unspecified atom stereocenters. The fourth-order valence-electron chi connectivity index (χ4n) is 4.83. The summed E-state index contributed by atoms with van der Waals surface area (Å²) < 4.78 is 54.0. The number of carbonyl (C=O) groups is 1. The maximum atomic E-state index is 13.5. The standard InChI is InChI=1S/C30H30F3N7O4/c1-5-8-24-34-17(3)27-29(42)36-28(38-40(24)27)21-13-18(11-12-23(21)44-6-2)22-15-25(35-26(41)16-43-4)39(37-22)20-10-7-9-19(14-20)30(31,32)33/h7,9-15H,5-6,8,16H2,1-4H3,(H,35,41)(H,36,38,42). The number of amides is 1. The van der Waals surface area contributed by atoms with Gasteiger partial charge in [-0.1, -0.05) is 13.0 Å². The Morgan fingerprint density at radius 3 is 2.59 bits per heavy atom. The number of halogens is 3. The molecule has 1 amide bonds. The van der Waals surface area contributed by atoms with E-state index >= 15 is 0 Å². The molecule has 2 N–H and O–H groups in total. The summed E-state index contributed by atoms with van der Waals surface area (Å²) in [5, 5.41) is 11.9. The number of aryl methyl sites for hydroxylation is 2. The first-order valence-electron chi connectivity index (χ1n) is 13.9. The van der Waals surface area contributed by atoms with Crippen molar-refractivity contribution in [1.29, 1.82) is 0 Å². The number of fused-ring (bicyclic) bond motifs is 1. The fourth-order valence-corrected chi connectivity index (χ4v) is 4.83. The van der Waals surface area contributed by atoms with E-state index in [0.717, 1.165) is 18.6 Å². The lowest BCUT2D eigenvalue weighted by Crippen LogP contribution is -2.19. The third kappa shape index (κ3) is 6.06. The van der Waals surface area contributed by atoms with Crippen LogP contribution in [0.15, 0.2) is 53.3 Å². The van der Waals surface area contributed by atoms with E-state index in [2.05, 4.69) is 20.4 Å². The van der Waals surface area contributed by atoms with Crippen LogP contribution >= 0.6 is 0 Å². The topological polar surface area (TPSA) is 128 Å². The fraction of sp³-hybridized carbons (Fsp3) is 0.300. The van der Waals surface area contributed by atoms with Crippen molar-refractivity contribution in [2.75, 3.05) is 25.6 Å². The quantitative estimate of drug-likeness (QED) is 0.223. The smallest absolute Gasteiger partial charge is 0.416 e. The van der Waals surface area contributed by atoms with Gasteiger partial charge in [0.15, 0.2) is 11.3 Å². The van der Waals surface area contributed by atoms with E-state index in [4.69, 9.17) is 14.6 Å². The van der Waals surface area contributed by atoms with E-state index in [1.165, 1.54) is 30.0 Å². The van der Waals surface area contributed by atoms with E-state index in [-0.39, 0.29) is 29.5 Å². The molecule has 0 atom stereocenters. The van der Waals surface area contributed by atoms with E-state index in [1.54, 1.807) is 29.6 Å². The van der Waals surface area contributed by atoms with Crippen LogP contribution in [0, 0.1) is 6.92 Å². The number of rotatable bonds is 10. The van der Waals surface area contributed by atoms with Gasteiger partial charge >= 0.3 is 6.18 Å². The van der Waals surface area contributed by atoms with Crippen LogP contribution in [-0.2, 0) is 22.1 Å². The number of hydrogen-bond acceptors (Lipinski definition) is 7. The highest BCUT2D eigenvalue weighted by molar-refractivity contribution is 5.92. The van der Waals surface area contributed by atoms with Crippen LogP contribution in [-0.4, -0.2) is 55.6 Å². The van der Waals surface area contributed by atoms with Crippen molar-refractivity contribution in [3.8, 4) is 34.1 Å². The van der Waals surface area contributed by atoms with E-state index in [9.17, 15) is 22.8 Å². The first-order chi connectivity index (χ1) is 21.0. The summed E-state index contributed by atoms with van der Waals surface area (Å²) in [5.74, 6) is 0.931. The number of aromatic amines is 1. The third-order valence-corrected chi connectivity index (χ3v) is 6.72. The zero-order chi connectivity index (χ0) is 31.6. The van der Waals surface area contributed by atoms with Crippen molar-refractivity contribution in [2.24, 2.45) is 0 Å². The van der Waals surface area contributed by atoms with E-state index in [0.29, 0.717) is 52.6 Å². The van der Waals surface area contributed by atoms with Gasteiger partial charge in [0.05, 0.1) is 34.8 Å². The largest absolute Gasteiger partial charge is 0.493 e. The molecular weight excluding hydrogens is 579 g/mol. The summed E-state index contributed by atoms with van der Waals surface area (Å²) in [6.45, 7) is 5.64. The van der Waals surface area contributed by atoms with Gasteiger partial charge in [0.2, 0.25) is 0 Å². The molecule has 0 saturated heterocycles. The number of nitrogens with zero attached hydrogens (tertiary/aromatic N) is 5. The number of H-pyrrole nitrogens is 1. The van der Waals surface area contributed by atoms with Crippen LogP contribution in [0.4, 0.5) is 19.0 Å². The molecule has 14 heteroatoms. The van der Waals surface area contributed by atoms with Gasteiger partial charge in [-0.15, -0.1) is 5.10 Å². The van der Waals surface area contributed by atoms with Gasteiger partial charge in [0.25, 0.3) is 11.5 Å². The highest BCUT2D eigenvalue weighted by atomic mass is 19.4. The Morgan fingerprint density at radius 2 is 1.89 bits per heavy atom. The van der Waals surface area contributed by atoms with E-state index in [1.807, 2.05) is 13.8 Å². The molecule has 11 nitrogen and oxygen atoms in total. The van der Waals surface area contributed by atoms with Gasteiger partial charge in [0.1, 0.15) is 24.0 Å². The second-order valence-electron chi connectivity index (χ2n) is 9.93. The Bertz CT molecular complexity index is 1890. The Kier molecular flexibility index (Phi) is 8.54. The summed E-state index contributed by atoms with van der Waals surface area (Å²) >= 11 is 0. The van der Waals surface area contributed by atoms with Crippen molar-refractivity contribution < 1.29 is 27.4 Å². The Hall–Kier alpha value is -4.98. The molecule has 0 fully saturated rings. The maximum Gasteiger partial charge on any atom is 0.416 e. The van der Waals surface area contributed by atoms with Gasteiger partial charge < -0.3 is 19.8 Å². The molecule has 0 saturated carbocycles. The number of carbonyl (C=O) groups excluding carboxylic acids is 1. The molecule has 5 rings (SSSR count). The lowest BCUT2D eigenvalue weighted by Gasteiger charge is -2.12. The van der Waals surface area contributed by atoms with Crippen LogP contribution in [0.2, 0.25) is 0 Å². The highest BCUT2D eigenvalue weighted by Crippen LogP contribution is 2.35. The summed E-state index contributed by atoms with van der Waals surface area (Å²) in [4.78, 5) is 32.9. The first kappa shape index (κ1) is 30.5. The molecule has 0 aliphatic carbocycles. The number of alkyl halides is 3. The molecule has 230 valence electrons. The van der Waals surface area contributed by atoms with Crippen molar-refractivity contribution in [1.82, 2.24) is 29.4 Å². The second kappa shape index (κ2) is 12.3. The minimum atomic E-state index is -4.58. The number of anilines is 1. The summed E-state index contributed by atoms with van der Waals surface area (Å²) in [5.41, 5.74) is 1.07. The maximum absolute atomic E-state index is 13.5. The van der Waals surface area contributed by atoms with Gasteiger partial charge in [-0.25, -0.2) is 14.2 Å². The number of hydrogen-bond donors (Lipinski definition) is 2.